The molecule has 3 nitrogen and oxygen atoms in total. The third-order valence-electron chi connectivity index (χ3n) is 2.65. The van der Waals surface area contributed by atoms with Gasteiger partial charge in [-0.2, -0.15) is 5.10 Å². The van der Waals surface area contributed by atoms with E-state index in [1.54, 1.807) is 6.92 Å². The van der Waals surface area contributed by atoms with Crippen molar-refractivity contribution in [1.82, 2.24) is 9.78 Å². The fourth-order valence-electron chi connectivity index (χ4n) is 1.50. The van der Waals surface area contributed by atoms with Crippen LogP contribution in [0.25, 0.3) is 0 Å². The molecule has 1 unspecified atom stereocenters. The number of aromatic nitrogens is 2. The van der Waals surface area contributed by atoms with Crippen molar-refractivity contribution < 1.29 is 4.79 Å². The van der Waals surface area contributed by atoms with Crippen molar-refractivity contribution in [1.29, 1.82) is 0 Å². The molecular weight excluding hydrogens is 256 g/mol. The Bertz CT molecular complexity index is 371. The van der Waals surface area contributed by atoms with E-state index < -0.39 is 0 Å². The lowest BCUT2D eigenvalue weighted by molar-refractivity contribution is -0.120. The van der Waals surface area contributed by atoms with Gasteiger partial charge in [0.2, 0.25) is 0 Å². The predicted molar refractivity (Wildman–Crippen MR) is 63.9 cm³/mol. The van der Waals surface area contributed by atoms with Gasteiger partial charge in [-0.05, 0) is 43.1 Å². The topological polar surface area (TPSA) is 34.9 Å². The standard InChI is InChI=1S/C11H17BrN2O/c1-5-14-10(6-7(2)9(4)15)11(12)8(3)13-14/h7H,5-6H2,1-4H3. The summed E-state index contributed by atoms with van der Waals surface area (Å²) in [7, 11) is 0. The zero-order valence-electron chi connectivity index (χ0n) is 9.67. The molecule has 1 atom stereocenters. The Labute approximate surface area is 99.0 Å². The summed E-state index contributed by atoms with van der Waals surface area (Å²) in [5.74, 6) is 0.283. The second-order valence-electron chi connectivity index (χ2n) is 3.88. The molecule has 1 heterocycles. The van der Waals surface area contributed by atoms with Crippen LogP contribution in [0.3, 0.4) is 0 Å². The van der Waals surface area contributed by atoms with E-state index in [0.29, 0.717) is 0 Å². The first-order valence-electron chi connectivity index (χ1n) is 5.19. The van der Waals surface area contributed by atoms with Crippen LogP contribution in [-0.2, 0) is 17.8 Å². The summed E-state index contributed by atoms with van der Waals surface area (Å²) in [6.07, 6.45) is 0.755. The van der Waals surface area contributed by atoms with Crippen LogP contribution in [0, 0.1) is 12.8 Å². The van der Waals surface area contributed by atoms with E-state index >= 15 is 0 Å². The molecule has 0 aromatic carbocycles. The van der Waals surface area contributed by atoms with Gasteiger partial charge >= 0.3 is 0 Å². The number of carbonyl (C=O) groups excluding carboxylic acids is 1. The maximum atomic E-state index is 11.2. The van der Waals surface area contributed by atoms with Gasteiger partial charge < -0.3 is 0 Å². The van der Waals surface area contributed by atoms with Crippen LogP contribution in [0.2, 0.25) is 0 Å². The number of carbonyl (C=O) groups is 1. The van der Waals surface area contributed by atoms with E-state index in [-0.39, 0.29) is 11.7 Å². The van der Waals surface area contributed by atoms with E-state index in [1.165, 1.54) is 0 Å². The van der Waals surface area contributed by atoms with Crippen LogP contribution in [0.4, 0.5) is 0 Å². The molecule has 4 heteroatoms. The van der Waals surface area contributed by atoms with Gasteiger partial charge in [0.25, 0.3) is 0 Å². The van der Waals surface area contributed by atoms with Crippen molar-refractivity contribution in [2.75, 3.05) is 0 Å². The number of halogens is 1. The lowest BCUT2D eigenvalue weighted by Gasteiger charge is -2.09. The lowest BCUT2D eigenvalue weighted by atomic mass is 10.0. The van der Waals surface area contributed by atoms with Gasteiger partial charge in [-0.3, -0.25) is 9.48 Å². The molecule has 0 saturated heterocycles. The molecule has 0 N–H and O–H groups in total. The normalized spacial score (nSPS) is 12.9. The third-order valence-corrected chi connectivity index (χ3v) is 3.68. The highest BCUT2D eigenvalue weighted by atomic mass is 79.9. The molecule has 0 spiro atoms. The number of rotatable bonds is 4. The Morgan fingerprint density at radius 3 is 2.67 bits per heavy atom. The van der Waals surface area contributed by atoms with E-state index in [4.69, 9.17) is 0 Å². The Balaban J connectivity index is 2.97. The first kappa shape index (κ1) is 12.4. The van der Waals surface area contributed by atoms with Crippen LogP contribution >= 0.6 is 15.9 Å². The Hall–Kier alpha value is -0.640. The van der Waals surface area contributed by atoms with Crippen molar-refractivity contribution in [3.05, 3.63) is 15.9 Å². The van der Waals surface area contributed by atoms with Crippen LogP contribution < -0.4 is 0 Å². The molecule has 84 valence electrons. The first-order valence-corrected chi connectivity index (χ1v) is 5.98. The van der Waals surface area contributed by atoms with Gasteiger partial charge in [0, 0.05) is 12.5 Å². The number of ketones is 1. The minimum absolute atomic E-state index is 0.0581. The third kappa shape index (κ3) is 2.68. The number of aryl methyl sites for hydroxylation is 2. The molecule has 0 saturated carbocycles. The average Bonchev–Trinajstić information content (AvgIpc) is 2.45. The van der Waals surface area contributed by atoms with E-state index in [2.05, 4.69) is 28.0 Å². The molecular formula is C11H17BrN2O. The maximum absolute atomic E-state index is 11.2. The molecule has 1 aromatic heterocycles. The van der Waals surface area contributed by atoms with Crippen molar-refractivity contribution in [2.45, 2.75) is 40.7 Å². The molecule has 0 aliphatic carbocycles. The second-order valence-corrected chi connectivity index (χ2v) is 4.67. The zero-order valence-corrected chi connectivity index (χ0v) is 11.3. The van der Waals surface area contributed by atoms with Gasteiger partial charge in [0.1, 0.15) is 5.78 Å². The molecule has 15 heavy (non-hydrogen) atoms. The smallest absolute Gasteiger partial charge is 0.133 e. The highest BCUT2D eigenvalue weighted by Crippen LogP contribution is 2.23. The Morgan fingerprint density at radius 2 is 2.20 bits per heavy atom. The van der Waals surface area contributed by atoms with Gasteiger partial charge in [-0.1, -0.05) is 6.92 Å². The largest absolute Gasteiger partial charge is 0.300 e. The summed E-state index contributed by atoms with van der Waals surface area (Å²) in [5, 5.41) is 4.40. The van der Waals surface area contributed by atoms with Crippen LogP contribution in [0.15, 0.2) is 4.47 Å². The van der Waals surface area contributed by atoms with E-state index in [0.717, 1.165) is 28.8 Å². The quantitative estimate of drug-likeness (QED) is 0.845. The summed E-state index contributed by atoms with van der Waals surface area (Å²) < 4.78 is 3.00. The van der Waals surface area contributed by atoms with E-state index in [1.807, 2.05) is 18.5 Å². The highest BCUT2D eigenvalue weighted by molar-refractivity contribution is 9.10. The molecule has 1 rings (SSSR count). The lowest BCUT2D eigenvalue weighted by Crippen LogP contribution is -2.13. The van der Waals surface area contributed by atoms with Gasteiger partial charge in [-0.25, -0.2) is 0 Å². The Morgan fingerprint density at radius 1 is 1.60 bits per heavy atom. The molecule has 1 aromatic rings. The summed E-state index contributed by atoms with van der Waals surface area (Å²) in [4.78, 5) is 11.2. The molecule has 0 aliphatic heterocycles. The SMILES string of the molecule is CCn1nc(C)c(Br)c1CC(C)C(C)=O. The van der Waals surface area contributed by atoms with Crippen molar-refractivity contribution >= 4 is 21.7 Å². The first-order chi connectivity index (χ1) is 6.97. The number of nitrogens with zero attached hydrogens (tertiary/aromatic N) is 2. The van der Waals surface area contributed by atoms with E-state index in [9.17, 15) is 4.79 Å². The molecule has 0 aliphatic rings. The fraction of sp³-hybridized carbons (Fsp3) is 0.636. The highest BCUT2D eigenvalue weighted by Gasteiger charge is 2.17. The van der Waals surface area contributed by atoms with Crippen LogP contribution in [0.1, 0.15) is 32.2 Å². The monoisotopic (exact) mass is 272 g/mol. The zero-order chi connectivity index (χ0) is 11.6. The summed E-state index contributed by atoms with van der Waals surface area (Å²) in [6, 6.07) is 0. The molecule has 0 amide bonds. The van der Waals surface area contributed by atoms with Crippen molar-refractivity contribution in [3.63, 3.8) is 0 Å². The minimum Gasteiger partial charge on any atom is -0.300 e. The van der Waals surface area contributed by atoms with Crippen LogP contribution in [0.5, 0.6) is 0 Å². The molecule has 0 fully saturated rings. The second kappa shape index (κ2) is 4.92. The number of Topliss-reactive ketones (excluding diaryl/α,β-unsaturated/α-hetero) is 1. The van der Waals surface area contributed by atoms with Crippen LogP contribution in [-0.4, -0.2) is 15.6 Å². The predicted octanol–water partition coefficient (Wildman–Crippen LogP) is 2.74. The number of hydrogen-bond acceptors (Lipinski definition) is 2. The molecule has 0 bridgehead atoms. The van der Waals surface area contributed by atoms with Crippen molar-refractivity contribution in [3.8, 4) is 0 Å². The fourth-order valence-corrected chi connectivity index (χ4v) is 1.94. The van der Waals surface area contributed by atoms with Crippen molar-refractivity contribution in [2.24, 2.45) is 5.92 Å². The molecule has 0 radical (unpaired) electrons. The van der Waals surface area contributed by atoms with Gasteiger partial charge in [0.15, 0.2) is 0 Å². The summed E-state index contributed by atoms with van der Waals surface area (Å²) in [5.41, 5.74) is 2.11. The average molecular weight is 273 g/mol. The minimum atomic E-state index is 0.0581. The maximum Gasteiger partial charge on any atom is 0.133 e. The number of hydrogen-bond donors (Lipinski definition) is 0. The van der Waals surface area contributed by atoms with Gasteiger partial charge in [-0.15, -0.1) is 0 Å². The summed E-state index contributed by atoms with van der Waals surface area (Å²) in [6.45, 7) is 8.46. The Kier molecular flexibility index (Phi) is 4.08. The van der Waals surface area contributed by atoms with Gasteiger partial charge in [0.05, 0.1) is 15.9 Å². The summed E-state index contributed by atoms with van der Waals surface area (Å²) >= 11 is 3.52.